The summed E-state index contributed by atoms with van der Waals surface area (Å²) in [6.07, 6.45) is 0.768. The summed E-state index contributed by atoms with van der Waals surface area (Å²) in [6, 6.07) is 12.5. The lowest BCUT2D eigenvalue weighted by Gasteiger charge is -2.12. The van der Waals surface area contributed by atoms with E-state index in [9.17, 15) is 4.39 Å². The van der Waals surface area contributed by atoms with Gasteiger partial charge >= 0.3 is 0 Å². The van der Waals surface area contributed by atoms with Gasteiger partial charge in [0, 0.05) is 12.1 Å². The van der Waals surface area contributed by atoms with Crippen molar-refractivity contribution in [2.75, 3.05) is 5.32 Å². The van der Waals surface area contributed by atoms with Crippen LogP contribution in [0.25, 0.3) is 16.7 Å². The first kappa shape index (κ1) is 14.6. The lowest BCUT2D eigenvalue weighted by Crippen LogP contribution is -2.03. The van der Waals surface area contributed by atoms with E-state index < -0.39 is 0 Å². The van der Waals surface area contributed by atoms with Crippen molar-refractivity contribution in [1.29, 1.82) is 0 Å². The van der Waals surface area contributed by atoms with Crippen LogP contribution in [0.15, 0.2) is 42.5 Å². The zero-order valence-electron chi connectivity index (χ0n) is 13.4. The van der Waals surface area contributed by atoms with Crippen molar-refractivity contribution in [1.82, 2.24) is 19.6 Å². The van der Waals surface area contributed by atoms with Crippen molar-refractivity contribution in [3.63, 3.8) is 0 Å². The molecule has 120 valence electrons. The average Bonchev–Trinajstić information content (AvgIpc) is 3.02. The monoisotopic (exact) mass is 321 g/mol. The summed E-state index contributed by atoms with van der Waals surface area (Å²) in [6.45, 7) is 3.90. The molecule has 6 heteroatoms. The van der Waals surface area contributed by atoms with E-state index in [1.807, 2.05) is 42.5 Å². The third kappa shape index (κ3) is 2.27. The first-order valence-electron chi connectivity index (χ1n) is 7.83. The maximum atomic E-state index is 13.3. The smallest absolute Gasteiger partial charge is 0.204 e. The Morgan fingerprint density at radius 3 is 2.75 bits per heavy atom. The number of aromatic nitrogens is 4. The summed E-state index contributed by atoms with van der Waals surface area (Å²) in [5, 5.41) is 11.8. The Labute approximate surface area is 138 Å². The number of para-hydroxylation sites is 2. The van der Waals surface area contributed by atoms with Crippen LogP contribution in [0.3, 0.4) is 0 Å². The van der Waals surface area contributed by atoms with Gasteiger partial charge in [-0.25, -0.2) is 9.37 Å². The average molecular weight is 321 g/mol. The van der Waals surface area contributed by atoms with Crippen LogP contribution in [0.1, 0.15) is 18.3 Å². The Morgan fingerprint density at radius 2 is 1.96 bits per heavy atom. The van der Waals surface area contributed by atoms with E-state index in [2.05, 4.69) is 20.5 Å². The number of halogens is 1. The molecule has 0 fully saturated rings. The fourth-order valence-electron chi connectivity index (χ4n) is 2.85. The number of hydrogen-bond acceptors (Lipinski definition) is 4. The molecule has 0 radical (unpaired) electrons. The number of nitrogens with one attached hydrogen (secondary N) is 1. The zero-order chi connectivity index (χ0) is 16.7. The minimum atomic E-state index is -0.259. The highest BCUT2D eigenvalue weighted by molar-refractivity contribution is 5.84. The molecular formula is C18H16FN5. The van der Waals surface area contributed by atoms with E-state index >= 15 is 0 Å². The molecule has 0 saturated carbocycles. The molecule has 0 atom stereocenters. The SMILES string of the molecule is CCc1nnc2c(Nc3ccc(F)cc3C)nc3ccccc3n12. The molecule has 0 spiro atoms. The highest BCUT2D eigenvalue weighted by atomic mass is 19.1. The van der Waals surface area contributed by atoms with Crippen molar-refractivity contribution in [2.45, 2.75) is 20.3 Å². The van der Waals surface area contributed by atoms with Crippen molar-refractivity contribution in [3.8, 4) is 0 Å². The van der Waals surface area contributed by atoms with Gasteiger partial charge in [0.1, 0.15) is 11.6 Å². The van der Waals surface area contributed by atoms with Crippen LogP contribution in [0.5, 0.6) is 0 Å². The van der Waals surface area contributed by atoms with E-state index in [0.29, 0.717) is 11.5 Å². The Hall–Kier alpha value is -3.02. The van der Waals surface area contributed by atoms with Gasteiger partial charge in [0.2, 0.25) is 5.65 Å². The first-order chi connectivity index (χ1) is 11.7. The molecule has 2 aromatic heterocycles. The van der Waals surface area contributed by atoms with E-state index in [-0.39, 0.29) is 5.82 Å². The number of hydrogen-bond donors (Lipinski definition) is 1. The number of aryl methyl sites for hydroxylation is 2. The highest BCUT2D eigenvalue weighted by Gasteiger charge is 2.14. The maximum absolute atomic E-state index is 13.3. The molecule has 2 aromatic carbocycles. The molecule has 0 amide bonds. The maximum Gasteiger partial charge on any atom is 0.204 e. The van der Waals surface area contributed by atoms with Crippen LogP contribution in [-0.4, -0.2) is 19.6 Å². The summed E-state index contributed by atoms with van der Waals surface area (Å²) in [5.74, 6) is 1.23. The van der Waals surface area contributed by atoms with Gasteiger partial charge in [-0.15, -0.1) is 10.2 Å². The van der Waals surface area contributed by atoms with Crippen molar-refractivity contribution in [2.24, 2.45) is 0 Å². The van der Waals surface area contributed by atoms with Crippen LogP contribution in [0.2, 0.25) is 0 Å². The molecule has 4 rings (SSSR count). The second-order valence-corrected chi connectivity index (χ2v) is 5.66. The molecule has 0 aliphatic carbocycles. The minimum absolute atomic E-state index is 0.259. The van der Waals surface area contributed by atoms with Gasteiger partial charge in [0.05, 0.1) is 11.0 Å². The lowest BCUT2D eigenvalue weighted by molar-refractivity contribution is 0.627. The Morgan fingerprint density at radius 1 is 1.12 bits per heavy atom. The molecule has 2 heterocycles. The molecule has 0 saturated heterocycles. The van der Waals surface area contributed by atoms with Crippen LogP contribution in [0, 0.1) is 12.7 Å². The van der Waals surface area contributed by atoms with E-state index in [4.69, 9.17) is 0 Å². The molecule has 5 nitrogen and oxygen atoms in total. The third-order valence-electron chi connectivity index (χ3n) is 4.05. The summed E-state index contributed by atoms with van der Waals surface area (Å²) in [7, 11) is 0. The van der Waals surface area contributed by atoms with Crippen molar-refractivity contribution < 1.29 is 4.39 Å². The van der Waals surface area contributed by atoms with Crippen LogP contribution < -0.4 is 5.32 Å². The summed E-state index contributed by atoms with van der Waals surface area (Å²) < 4.78 is 15.3. The topological polar surface area (TPSA) is 55.1 Å². The van der Waals surface area contributed by atoms with Gasteiger partial charge in [-0.3, -0.25) is 4.40 Å². The first-order valence-corrected chi connectivity index (χ1v) is 7.83. The van der Waals surface area contributed by atoms with Gasteiger partial charge in [-0.1, -0.05) is 19.1 Å². The molecule has 0 unspecified atom stereocenters. The van der Waals surface area contributed by atoms with E-state index in [1.54, 1.807) is 6.07 Å². The zero-order valence-corrected chi connectivity index (χ0v) is 13.4. The predicted molar refractivity (Wildman–Crippen MR) is 92.1 cm³/mol. The fraction of sp³-hybridized carbons (Fsp3) is 0.167. The molecule has 0 bridgehead atoms. The number of rotatable bonds is 3. The Bertz CT molecular complexity index is 1050. The normalized spacial score (nSPS) is 11.3. The lowest BCUT2D eigenvalue weighted by atomic mass is 10.2. The number of benzene rings is 2. The number of fused-ring (bicyclic) bond motifs is 3. The van der Waals surface area contributed by atoms with E-state index in [0.717, 1.165) is 34.5 Å². The largest absolute Gasteiger partial charge is 0.337 e. The molecule has 1 N–H and O–H groups in total. The molecule has 0 aliphatic heterocycles. The minimum Gasteiger partial charge on any atom is -0.337 e. The van der Waals surface area contributed by atoms with Gasteiger partial charge in [-0.05, 0) is 42.8 Å². The summed E-state index contributed by atoms with van der Waals surface area (Å²) in [4.78, 5) is 4.68. The van der Waals surface area contributed by atoms with Gasteiger partial charge in [0.15, 0.2) is 5.82 Å². The van der Waals surface area contributed by atoms with Crippen LogP contribution >= 0.6 is 0 Å². The van der Waals surface area contributed by atoms with Gasteiger partial charge in [0.25, 0.3) is 0 Å². The number of anilines is 2. The van der Waals surface area contributed by atoms with Crippen molar-refractivity contribution >= 4 is 28.2 Å². The van der Waals surface area contributed by atoms with Gasteiger partial charge < -0.3 is 5.32 Å². The third-order valence-corrected chi connectivity index (χ3v) is 4.05. The Kier molecular flexibility index (Phi) is 3.37. The van der Waals surface area contributed by atoms with E-state index in [1.165, 1.54) is 12.1 Å². The molecule has 4 aromatic rings. The van der Waals surface area contributed by atoms with Crippen LogP contribution in [-0.2, 0) is 6.42 Å². The van der Waals surface area contributed by atoms with Crippen LogP contribution in [0.4, 0.5) is 15.9 Å². The molecular weight excluding hydrogens is 305 g/mol. The molecule has 24 heavy (non-hydrogen) atoms. The quantitative estimate of drug-likeness (QED) is 0.619. The predicted octanol–water partition coefficient (Wildman–Crippen LogP) is 4.03. The molecule has 0 aliphatic rings. The second-order valence-electron chi connectivity index (χ2n) is 5.66. The number of nitrogens with zero attached hydrogens (tertiary/aromatic N) is 4. The van der Waals surface area contributed by atoms with Gasteiger partial charge in [-0.2, -0.15) is 0 Å². The standard InChI is InChI=1S/C18H16FN5/c1-3-16-22-23-18-17(20-13-9-8-12(19)10-11(13)2)21-14-6-4-5-7-15(14)24(16)18/h4-10H,3H2,1-2H3,(H,20,21). The summed E-state index contributed by atoms with van der Waals surface area (Å²) >= 11 is 0. The highest BCUT2D eigenvalue weighted by Crippen LogP contribution is 2.26. The fourth-order valence-corrected chi connectivity index (χ4v) is 2.85. The second kappa shape index (κ2) is 5.56. The summed E-state index contributed by atoms with van der Waals surface area (Å²) in [5.41, 5.74) is 4.08. The Balaban J connectivity index is 1.95. The van der Waals surface area contributed by atoms with Crippen molar-refractivity contribution in [3.05, 3.63) is 59.7 Å².